The second-order valence-electron chi connectivity index (χ2n) is 7.86. The zero-order valence-electron chi connectivity index (χ0n) is 14.8. The van der Waals surface area contributed by atoms with E-state index in [1.807, 2.05) is 12.4 Å². The molecule has 3 fully saturated rings. The monoisotopic (exact) mass is 330 g/mol. The quantitative estimate of drug-likeness (QED) is 0.847. The van der Waals surface area contributed by atoms with E-state index in [4.69, 9.17) is 4.74 Å². The number of aromatic nitrogens is 2. The number of hydrogen-bond donors (Lipinski definition) is 0. The predicted octanol–water partition coefficient (Wildman–Crippen LogP) is 2.33. The lowest BCUT2D eigenvalue weighted by Crippen LogP contribution is -2.61. The van der Waals surface area contributed by atoms with Crippen LogP contribution in [-0.4, -0.2) is 64.7 Å². The van der Waals surface area contributed by atoms with Gasteiger partial charge in [0.15, 0.2) is 0 Å². The van der Waals surface area contributed by atoms with E-state index in [-0.39, 0.29) is 0 Å². The summed E-state index contributed by atoms with van der Waals surface area (Å²) in [5.41, 5.74) is 1.19. The molecule has 0 aromatic carbocycles. The molecular weight excluding hydrogens is 300 g/mol. The molecule has 1 saturated carbocycles. The summed E-state index contributed by atoms with van der Waals surface area (Å²) in [5.74, 6) is 0.701. The highest BCUT2D eigenvalue weighted by molar-refractivity contribution is 5.04. The first kappa shape index (κ1) is 16.4. The molecule has 4 rings (SSSR count). The van der Waals surface area contributed by atoms with Gasteiger partial charge in [-0.25, -0.2) is 9.97 Å². The Morgan fingerprint density at radius 2 is 1.92 bits per heavy atom. The third kappa shape index (κ3) is 3.48. The highest BCUT2D eigenvalue weighted by atomic mass is 16.5. The maximum Gasteiger partial charge on any atom is 0.115 e. The molecule has 3 heterocycles. The third-order valence-electron chi connectivity index (χ3n) is 6.22. The molecule has 3 atom stereocenters. The summed E-state index contributed by atoms with van der Waals surface area (Å²) < 4.78 is 6.26. The Morgan fingerprint density at radius 1 is 1.12 bits per heavy atom. The molecule has 0 radical (unpaired) electrons. The van der Waals surface area contributed by atoms with Crippen LogP contribution in [0.5, 0.6) is 0 Å². The summed E-state index contributed by atoms with van der Waals surface area (Å²) in [6.45, 7) is 4.23. The molecule has 132 valence electrons. The Bertz CT molecular complexity index is 519. The number of ether oxygens (including phenoxy) is 1. The predicted molar refractivity (Wildman–Crippen MR) is 93.6 cm³/mol. The van der Waals surface area contributed by atoms with Crippen LogP contribution in [-0.2, 0) is 11.3 Å². The van der Waals surface area contributed by atoms with Crippen molar-refractivity contribution in [3.63, 3.8) is 0 Å². The van der Waals surface area contributed by atoms with Gasteiger partial charge >= 0.3 is 0 Å². The molecule has 1 aromatic rings. The van der Waals surface area contributed by atoms with E-state index < -0.39 is 0 Å². The third-order valence-corrected chi connectivity index (χ3v) is 6.22. The van der Waals surface area contributed by atoms with Gasteiger partial charge < -0.3 is 4.74 Å². The Kier molecular flexibility index (Phi) is 5.11. The smallest absolute Gasteiger partial charge is 0.115 e. The van der Waals surface area contributed by atoms with Crippen LogP contribution in [0.15, 0.2) is 18.7 Å². The maximum absolute atomic E-state index is 6.26. The summed E-state index contributed by atoms with van der Waals surface area (Å²) in [4.78, 5) is 13.6. The number of hydrogen-bond acceptors (Lipinski definition) is 5. The topological polar surface area (TPSA) is 41.5 Å². The van der Waals surface area contributed by atoms with Crippen LogP contribution in [0, 0.1) is 5.92 Å². The highest BCUT2D eigenvalue weighted by Gasteiger charge is 2.42. The van der Waals surface area contributed by atoms with Gasteiger partial charge in [-0.15, -0.1) is 0 Å². The minimum absolute atomic E-state index is 0.394. The van der Waals surface area contributed by atoms with Gasteiger partial charge in [0, 0.05) is 56.3 Å². The highest BCUT2D eigenvalue weighted by Crippen LogP contribution is 2.35. The Hall–Kier alpha value is -1.04. The van der Waals surface area contributed by atoms with Crippen LogP contribution < -0.4 is 0 Å². The van der Waals surface area contributed by atoms with E-state index in [9.17, 15) is 0 Å². The zero-order chi connectivity index (χ0) is 16.4. The molecule has 0 bridgehead atoms. The average molecular weight is 330 g/mol. The summed E-state index contributed by atoms with van der Waals surface area (Å²) in [5, 5.41) is 0. The number of likely N-dealkylation sites (tertiary alicyclic amines) is 1. The van der Waals surface area contributed by atoms with Gasteiger partial charge in [0.25, 0.3) is 0 Å². The molecule has 2 aliphatic heterocycles. The molecule has 3 aliphatic rings. The van der Waals surface area contributed by atoms with Crippen molar-refractivity contribution in [2.75, 3.05) is 26.7 Å². The van der Waals surface area contributed by atoms with Crippen LogP contribution in [0.1, 0.15) is 44.1 Å². The van der Waals surface area contributed by atoms with Crippen molar-refractivity contribution >= 4 is 0 Å². The number of nitrogens with zero attached hydrogens (tertiary/aromatic N) is 4. The lowest BCUT2D eigenvalue weighted by molar-refractivity contribution is -0.117. The second kappa shape index (κ2) is 7.46. The first-order valence-electron chi connectivity index (χ1n) is 9.61. The summed E-state index contributed by atoms with van der Waals surface area (Å²) in [6.07, 6.45) is 14.0. The second-order valence-corrected chi connectivity index (χ2v) is 7.86. The molecule has 0 N–H and O–H groups in total. The first-order chi connectivity index (χ1) is 11.8. The van der Waals surface area contributed by atoms with Gasteiger partial charge in [0.1, 0.15) is 6.33 Å². The Labute approximate surface area is 145 Å². The van der Waals surface area contributed by atoms with Crippen molar-refractivity contribution in [2.24, 2.45) is 5.92 Å². The van der Waals surface area contributed by atoms with Gasteiger partial charge in [0.05, 0.1) is 6.10 Å². The van der Waals surface area contributed by atoms with E-state index in [1.165, 1.54) is 50.6 Å². The van der Waals surface area contributed by atoms with Crippen LogP contribution >= 0.6 is 0 Å². The van der Waals surface area contributed by atoms with Crippen molar-refractivity contribution in [1.82, 2.24) is 19.8 Å². The van der Waals surface area contributed by atoms with Crippen LogP contribution in [0.3, 0.4) is 0 Å². The lowest BCUT2D eigenvalue weighted by atomic mass is 9.84. The minimum Gasteiger partial charge on any atom is -0.376 e. The normalized spacial score (nSPS) is 32.2. The van der Waals surface area contributed by atoms with Gasteiger partial charge in [-0.3, -0.25) is 9.80 Å². The van der Waals surface area contributed by atoms with E-state index >= 15 is 0 Å². The fourth-order valence-corrected chi connectivity index (χ4v) is 4.98. The van der Waals surface area contributed by atoms with Crippen molar-refractivity contribution in [3.05, 3.63) is 24.3 Å². The average Bonchev–Trinajstić information content (AvgIpc) is 3.16. The number of fused-ring (bicyclic) bond motifs is 1. The van der Waals surface area contributed by atoms with Crippen molar-refractivity contribution in [3.8, 4) is 0 Å². The van der Waals surface area contributed by atoms with E-state index in [0.29, 0.717) is 18.1 Å². The van der Waals surface area contributed by atoms with E-state index in [1.54, 1.807) is 6.33 Å². The lowest BCUT2D eigenvalue weighted by Gasteiger charge is -2.50. The molecule has 1 aliphatic carbocycles. The molecule has 1 aromatic heterocycles. The van der Waals surface area contributed by atoms with Gasteiger partial charge in [-0.2, -0.15) is 0 Å². The Morgan fingerprint density at radius 3 is 2.71 bits per heavy atom. The first-order valence-corrected chi connectivity index (χ1v) is 9.61. The number of rotatable bonds is 4. The summed E-state index contributed by atoms with van der Waals surface area (Å²) in [7, 11) is 2.24. The van der Waals surface area contributed by atoms with Crippen molar-refractivity contribution in [2.45, 2.75) is 63.3 Å². The molecule has 0 unspecified atom stereocenters. The zero-order valence-corrected chi connectivity index (χ0v) is 14.8. The minimum atomic E-state index is 0.394. The van der Waals surface area contributed by atoms with Crippen molar-refractivity contribution < 1.29 is 4.74 Å². The van der Waals surface area contributed by atoms with E-state index in [2.05, 4.69) is 26.8 Å². The van der Waals surface area contributed by atoms with Crippen molar-refractivity contribution in [1.29, 1.82) is 0 Å². The molecule has 5 heteroatoms. The van der Waals surface area contributed by atoms with Crippen LogP contribution in [0.25, 0.3) is 0 Å². The largest absolute Gasteiger partial charge is 0.376 e. The Balaban J connectivity index is 1.49. The molecule has 2 saturated heterocycles. The fraction of sp³-hybridized carbons (Fsp3) is 0.789. The fourth-order valence-electron chi connectivity index (χ4n) is 4.98. The van der Waals surface area contributed by atoms with Gasteiger partial charge in [-0.1, -0.05) is 12.8 Å². The molecule has 0 amide bonds. The summed E-state index contributed by atoms with van der Waals surface area (Å²) >= 11 is 0. The van der Waals surface area contributed by atoms with Crippen LogP contribution in [0.4, 0.5) is 0 Å². The molecule has 5 nitrogen and oxygen atoms in total. The molecule has 24 heavy (non-hydrogen) atoms. The summed E-state index contributed by atoms with van der Waals surface area (Å²) in [6, 6.07) is 1.29. The molecular formula is C19H30N4O. The SMILES string of the molecule is CN(Cc1cncnc1)[C@@H]1CN(C2CCCC2)C[C@@H]2CCCO[C@@H]21. The maximum atomic E-state index is 6.26. The van der Waals surface area contributed by atoms with E-state index in [0.717, 1.165) is 25.7 Å². The van der Waals surface area contributed by atoms with Gasteiger partial charge in [-0.05, 0) is 38.6 Å². The standard InChI is InChI=1S/C19H30N4O/c1-22(11-15-9-20-14-21-10-15)18-13-23(17-6-2-3-7-17)12-16-5-4-8-24-19(16)18/h9-10,14,16-19H,2-8,11-13H2,1H3/t16-,18+,19-/m0/s1. The number of piperidine rings is 1. The molecule has 0 spiro atoms. The van der Waals surface area contributed by atoms with Gasteiger partial charge in [0.2, 0.25) is 0 Å². The number of likely N-dealkylation sites (N-methyl/N-ethyl adjacent to an activating group) is 1. The van der Waals surface area contributed by atoms with Crippen LogP contribution in [0.2, 0.25) is 0 Å².